The molecule has 0 N–H and O–H groups in total. The van der Waals surface area contributed by atoms with E-state index in [4.69, 9.17) is 37.4 Å². The zero-order valence-electron chi connectivity index (χ0n) is 19.0. The molecule has 0 bridgehead atoms. The Bertz CT molecular complexity index is 1170. The number of nitro groups is 2. The van der Waals surface area contributed by atoms with E-state index in [1.807, 2.05) is 0 Å². The van der Waals surface area contributed by atoms with Gasteiger partial charge < -0.3 is 14.2 Å². The van der Waals surface area contributed by atoms with Gasteiger partial charge in [0.2, 0.25) is 0 Å². The fourth-order valence-corrected chi connectivity index (χ4v) is 4.08. The number of fused-ring (bicyclic) bond motifs is 2. The minimum Gasteiger partial charge on any atom is -0.483 e. The van der Waals surface area contributed by atoms with E-state index in [0.717, 1.165) is 25.3 Å². The van der Waals surface area contributed by atoms with Gasteiger partial charge in [0.25, 0.3) is 11.7 Å². The molecular formula is C23H22Cl2F2N2O7. The molecule has 3 heterocycles. The molecule has 0 amide bonds. The molecule has 3 aliphatic heterocycles. The first-order valence-corrected chi connectivity index (χ1v) is 11.6. The number of nitrogens with zero attached hydrogens (tertiary/aromatic N) is 2. The van der Waals surface area contributed by atoms with Crippen molar-refractivity contribution in [2.24, 2.45) is 0 Å². The van der Waals surface area contributed by atoms with Gasteiger partial charge in [0.05, 0.1) is 10.8 Å². The van der Waals surface area contributed by atoms with Crippen LogP contribution in [0, 0.1) is 31.9 Å². The maximum atomic E-state index is 13.5. The standard InChI is InChI=1S/C10H9ClFNO3.C9H5ClFNO3.C4H8O/c1-5-7-2-6(11)3-8(12)10(7)16-4-9(5)13(14)15;10-6-1-5-2-7(12(13)14)4-15-9(5)8(11)3-6;1-2-4-5-3-1/h2-3,5,9H,4H2,1H3;1-3H,4H2;1-4H2. The van der Waals surface area contributed by atoms with Crippen LogP contribution in [0.4, 0.5) is 8.78 Å². The molecule has 2 atom stereocenters. The third-order valence-corrected chi connectivity index (χ3v) is 6.00. The number of benzene rings is 2. The van der Waals surface area contributed by atoms with E-state index >= 15 is 0 Å². The second-order valence-corrected chi connectivity index (χ2v) is 8.94. The minimum atomic E-state index is -0.856. The van der Waals surface area contributed by atoms with Gasteiger partial charge in [-0.2, -0.15) is 0 Å². The molecule has 0 saturated carbocycles. The van der Waals surface area contributed by atoms with Gasteiger partial charge in [-0.25, -0.2) is 8.78 Å². The van der Waals surface area contributed by atoms with Gasteiger partial charge in [0, 0.05) is 45.4 Å². The zero-order chi connectivity index (χ0) is 26.4. The van der Waals surface area contributed by atoms with Crippen molar-refractivity contribution in [3.05, 3.63) is 83.0 Å². The van der Waals surface area contributed by atoms with Crippen molar-refractivity contribution in [2.75, 3.05) is 26.4 Å². The van der Waals surface area contributed by atoms with Gasteiger partial charge in [-0.3, -0.25) is 20.2 Å². The Morgan fingerprint density at radius 2 is 1.56 bits per heavy atom. The molecule has 3 aliphatic rings. The SMILES string of the molecule is C1CCOC1.CC1c2cc(Cl)cc(F)c2OCC1[N+](=O)[O-].O=[N+]([O-])C1=Cc2cc(Cl)cc(F)c2OC1. The minimum absolute atomic E-state index is 0.00463. The Hall–Kier alpha value is -3.02. The van der Waals surface area contributed by atoms with Crippen molar-refractivity contribution in [3.63, 3.8) is 0 Å². The van der Waals surface area contributed by atoms with Crippen LogP contribution >= 0.6 is 23.2 Å². The predicted molar refractivity (Wildman–Crippen MR) is 128 cm³/mol. The fraction of sp³-hybridized carbons (Fsp3) is 0.391. The van der Waals surface area contributed by atoms with Gasteiger partial charge >= 0.3 is 0 Å². The van der Waals surface area contributed by atoms with Crippen molar-refractivity contribution >= 4 is 29.3 Å². The van der Waals surface area contributed by atoms with Crippen LogP contribution in [0.5, 0.6) is 11.5 Å². The van der Waals surface area contributed by atoms with Crippen LogP contribution in [0.1, 0.15) is 36.8 Å². The lowest BCUT2D eigenvalue weighted by atomic mass is 9.91. The van der Waals surface area contributed by atoms with E-state index < -0.39 is 33.4 Å². The summed E-state index contributed by atoms with van der Waals surface area (Å²) in [6.45, 7) is 3.32. The Morgan fingerprint density at radius 3 is 2.11 bits per heavy atom. The summed E-state index contributed by atoms with van der Waals surface area (Å²) in [5.74, 6) is -1.51. The van der Waals surface area contributed by atoms with Gasteiger partial charge in [0.15, 0.2) is 36.3 Å². The van der Waals surface area contributed by atoms with Crippen molar-refractivity contribution in [3.8, 4) is 11.5 Å². The smallest absolute Gasteiger partial charge is 0.284 e. The Kier molecular flexibility index (Phi) is 9.41. The maximum Gasteiger partial charge on any atom is 0.284 e. The first-order valence-electron chi connectivity index (χ1n) is 10.9. The summed E-state index contributed by atoms with van der Waals surface area (Å²) in [7, 11) is 0. The molecule has 9 nitrogen and oxygen atoms in total. The average Bonchev–Trinajstić information content (AvgIpc) is 3.40. The van der Waals surface area contributed by atoms with E-state index in [1.54, 1.807) is 6.92 Å². The largest absolute Gasteiger partial charge is 0.483 e. The Labute approximate surface area is 214 Å². The summed E-state index contributed by atoms with van der Waals surface area (Å²) in [5, 5.41) is 21.6. The highest BCUT2D eigenvalue weighted by molar-refractivity contribution is 6.31. The van der Waals surface area contributed by atoms with Crippen LogP contribution in [0.2, 0.25) is 10.0 Å². The molecule has 2 unspecified atom stereocenters. The number of halogens is 4. The van der Waals surface area contributed by atoms with E-state index in [0.29, 0.717) is 5.56 Å². The second-order valence-electron chi connectivity index (χ2n) is 8.07. The molecule has 13 heteroatoms. The molecule has 0 aromatic heterocycles. The van der Waals surface area contributed by atoms with E-state index in [2.05, 4.69) is 0 Å². The van der Waals surface area contributed by atoms with Crippen LogP contribution in [0.15, 0.2) is 30.0 Å². The first-order chi connectivity index (χ1) is 17.1. The highest BCUT2D eigenvalue weighted by atomic mass is 35.5. The maximum absolute atomic E-state index is 13.5. The number of hydrogen-bond acceptors (Lipinski definition) is 7. The Balaban J connectivity index is 0.000000168. The van der Waals surface area contributed by atoms with E-state index in [1.165, 1.54) is 31.1 Å². The molecule has 0 aliphatic carbocycles. The molecule has 0 radical (unpaired) electrons. The van der Waals surface area contributed by atoms with Crippen LogP contribution in [-0.4, -0.2) is 42.3 Å². The van der Waals surface area contributed by atoms with E-state index in [9.17, 15) is 29.0 Å². The highest BCUT2D eigenvalue weighted by Crippen LogP contribution is 2.38. The van der Waals surface area contributed by atoms with Crippen molar-refractivity contribution in [2.45, 2.75) is 31.7 Å². The molecular weight excluding hydrogens is 525 g/mol. The number of ether oxygens (including phenoxy) is 3. The topological polar surface area (TPSA) is 114 Å². The van der Waals surface area contributed by atoms with Gasteiger partial charge in [-0.05, 0) is 37.1 Å². The summed E-state index contributed by atoms with van der Waals surface area (Å²) in [6.07, 6.45) is 3.81. The third-order valence-electron chi connectivity index (χ3n) is 5.56. The van der Waals surface area contributed by atoms with Gasteiger partial charge in [-0.15, -0.1) is 0 Å². The summed E-state index contributed by atoms with van der Waals surface area (Å²) >= 11 is 11.3. The van der Waals surface area contributed by atoms with Crippen molar-refractivity contribution < 1.29 is 32.8 Å². The quantitative estimate of drug-likeness (QED) is 0.340. The van der Waals surface area contributed by atoms with Crippen LogP contribution in [0.25, 0.3) is 6.08 Å². The normalized spacial score (nSPS) is 19.5. The monoisotopic (exact) mass is 546 g/mol. The Morgan fingerprint density at radius 1 is 0.944 bits per heavy atom. The van der Waals surface area contributed by atoms with Crippen LogP contribution in [0.3, 0.4) is 0 Å². The molecule has 2 aromatic rings. The van der Waals surface area contributed by atoms with Crippen molar-refractivity contribution in [1.29, 1.82) is 0 Å². The highest BCUT2D eigenvalue weighted by Gasteiger charge is 2.37. The van der Waals surface area contributed by atoms with Crippen LogP contribution < -0.4 is 9.47 Å². The lowest BCUT2D eigenvalue weighted by Crippen LogP contribution is -2.36. The molecule has 36 heavy (non-hydrogen) atoms. The van der Waals surface area contributed by atoms with Gasteiger partial charge in [0.1, 0.15) is 0 Å². The number of hydrogen-bond donors (Lipinski definition) is 0. The fourth-order valence-electron chi connectivity index (χ4n) is 3.66. The summed E-state index contributed by atoms with van der Waals surface area (Å²) < 4.78 is 41.7. The van der Waals surface area contributed by atoms with E-state index in [-0.39, 0.29) is 46.0 Å². The summed E-state index contributed by atoms with van der Waals surface area (Å²) in [5.41, 5.74) is 0.625. The molecule has 5 rings (SSSR count). The molecule has 2 aromatic carbocycles. The van der Waals surface area contributed by atoms with Crippen molar-refractivity contribution in [1.82, 2.24) is 0 Å². The number of rotatable bonds is 2. The first kappa shape index (κ1) is 27.6. The van der Waals surface area contributed by atoms with Crippen LogP contribution in [-0.2, 0) is 4.74 Å². The third kappa shape index (κ3) is 6.80. The average molecular weight is 547 g/mol. The second kappa shape index (κ2) is 12.3. The molecule has 0 spiro atoms. The molecule has 194 valence electrons. The van der Waals surface area contributed by atoms with Gasteiger partial charge in [-0.1, -0.05) is 30.1 Å². The lowest BCUT2D eigenvalue weighted by Gasteiger charge is -2.26. The molecule has 1 saturated heterocycles. The molecule has 1 fully saturated rings. The zero-order valence-corrected chi connectivity index (χ0v) is 20.6. The summed E-state index contributed by atoms with van der Waals surface area (Å²) in [6, 6.07) is 4.32. The lowest BCUT2D eigenvalue weighted by molar-refractivity contribution is -0.529. The predicted octanol–water partition coefficient (Wildman–Crippen LogP) is 5.91. The summed E-state index contributed by atoms with van der Waals surface area (Å²) in [4.78, 5) is 20.2.